The van der Waals surface area contributed by atoms with E-state index < -0.39 is 0 Å². The Kier molecular flexibility index (Phi) is 4.99. The van der Waals surface area contributed by atoms with Crippen molar-refractivity contribution >= 4 is 5.97 Å². The van der Waals surface area contributed by atoms with E-state index in [0.717, 1.165) is 55.3 Å². The van der Waals surface area contributed by atoms with E-state index in [-0.39, 0.29) is 5.97 Å². The molecule has 1 aliphatic heterocycles. The summed E-state index contributed by atoms with van der Waals surface area (Å²) in [6.07, 6.45) is 3.70. The summed E-state index contributed by atoms with van der Waals surface area (Å²) >= 11 is 0. The fraction of sp³-hybridized carbons (Fsp3) is 0.588. The van der Waals surface area contributed by atoms with Crippen molar-refractivity contribution in [2.75, 3.05) is 19.7 Å². The normalized spacial score (nSPS) is 16.5. The van der Waals surface area contributed by atoms with Gasteiger partial charge in [-0.1, -0.05) is 5.16 Å². The van der Waals surface area contributed by atoms with Gasteiger partial charge in [0.2, 0.25) is 0 Å². The van der Waals surface area contributed by atoms with Gasteiger partial charge in [-0.2, -0.15) is 0 Å². The van der Waals surface area contributed by atoms with Crippen LogP contribution in [0.4, 0.5) is 0 Å². The molecular formula is C17H24N4O3. The lowest BCUT2D eigenvalue weighted by molar-refractivity contribution is 0.0519. The average Bonchev–Trinajstić information content (AvgIpc) is 3.15. The van der Waals surface area contributed by atoms with Gasteiger partial charge >= 0.3 is 5.97 Å². The lowest BCUT2D eigenvalue weighted by Gasteiger charge is -2.30. The van der Waals surface area contributed by atoms with Gasteiger partial charge in [0.15, 0.2) is 5.69 Å². The Morgan fingerprint density at radius 2 is 2.17 bits per heavy atom. The summed E-state index contributed by atoms with van der Waals surface area (Å²) in [7, 11) is 0. The van der Waals surface area contributed by atoms with Gasteiger partial charge in [-0.05, 0) is 46.7 Å². The Morgan fingerprint density at radius 3 is 2.79 bits per heavy atom. The van der Waals surface area contributed by atoms with Crippen LogP contribution in [-0.4, -0.2) is 45.7 Å². The minimum absolute atomic E-state index is 0.349. The molecule has 1 saturated heterocycles. The maximum atomic E-state index is 11.9. The quantitative estimate of drug-likeness (QED) is 0.847. The van der Waals surface area contributed by atoms with Crippen LogP contribution in [0.2, 0.25) is 0 Å². The number of likely N-dealkylation sites (tertiary alicyclic amines) is 1. The minimum Gasteiger partial charge on any atom is -0.461 e. The van der Waals surface area contributed by atoms with Crippen molar-refractivity contribution in [2.45, 2.75) is 46.1 Å². The van der Waals surface area contributed by atoms with Crippen molar-refractivity contribution in [3.05, 3.63) is 34.7 Å². The maximum Gasteiger partial charge on any atom is 0.358 e. The molecule has 0 amide bonds. The molecule has 3 heterocycles. The molecule has 0 radical (unpaired) electrons. The van der Waals surface area contributed by atoms with Crippen molar-refractivity contribution < 1.29 is 14.1 Å². The molecule has 2 aromatic heterocycles. The zero-order chi connectivity index (χ0) is 17.1. The number of ether oxygens (including phenoxy) is 1. The van der Waals surface area contributed by atoms with Crippen molar-refractivity contribution in [3.63, 3.8) is 0 Å². The van der Waals surface area contributed by atoms with E-state index in [1.54, 1.807) is 13.2 Å². The maximum absolute atomic E-state index is 11.9. The first-order chi connectivity index (χ1) is 11.6. The van der Waals surface area contributed by atoms with E-state index in [2.05, 4.69) is 20.0 Å². The number of hydrogen-bond donors (Lipinski definition) is 1. The number of rotatable bonds is 5. The highest BCUT2D eigenvalue weighted by atomic mass is 16.5. The highest BCUT2D eigenvalue weighted by Gasteiger charge is 2.26. The Hall–Kier alpha value is -2.15. The molecule has 0 unspecified atom stereocenters. The van der Waals surface area contributed by atoms with Gasteiger partial charge in [0.1, 0.15) is 17.8 Å². The molecule has 0 saturated carbocycles. The van der Waals surface area contributed by atoms with Crippen LogP contribution in [0.25, 0.3) is 0 Å². The number of carbonyl (C=O) groups is 1. The van der Waals surface area contributed by atoms with E-state index in [0.29, 0.717) is 18.2 Å². The molecule has 1 aliphatic rings. The van der Waals surface area contributed by atoms with Crippen LogP contribution in [0.3, 0.4) is 0 Å². The Morgan fingerprint density at radius 1 is 1.42 bits per heavy atom. The Balaban J connectivity index is 1.59. The summed E-state index contributed by atoms with van der Waals surface area (Å²) in [5, 5.41) is 4.05. The van der Waals surface area contributed by atoms with E-state index in [1.807, 2.05) is 13.8 Å². The number of hydrogen-bond acceptors (Lipinski definition) is 6. The third-order valence-electron chi connectivity index (χ3n) is 4.57. The second-order valence-electron chi connectivity index (χ2n) is 6.31. The van der Waals surface area contributed by atoms with Gasteiger partial charge in [-0.15, -0.1) is 0 Å². The SMILES string of the molecule is CCOC(=O)c1nc(C2CCN(Cc3nocc3C)CC2)[nH]c1C. The van der Waals surface area contributed by atoms with Crippen LogP contribution in [0.15, 0.2) is 10.8 Å². The highest BCUT2D eigenvalue weighted by molar-refractivity contribution is 5.88. The lowest BCUT2D eigenvalue weighted by Crippen LogP contribution is -2.33. The molecule has 0 aliphatic carbocycles. The first kappa shape index (κ1) is 16.7. The number of aromatic amines is 1. The number of H-pyrrole nitrogens is 1. The standard InChI is InChI=1S/C17H24N4O3/c1-4-23-17(22)15-12(3)18-16(19-15)13-5-7-21(8-6-13)9-14-11(2)10-24-20-14/h10,13H,4-9H2,1-3H3,(H,18,19). The number of piperidine rings is 1. The molecule has 0 spiro atoms. The summed E-state index contributed by atoms with van der Waals surface area (Å²) in [6, 6.07) is 0. The van der Waals surface area contributed by atoms with E-state index >= 15 is 0 Å². The molecule has 2 aromatic rings. The van der Waals surface area contributed by atoms with E-state index in [1.165, 1.54) is 0 Å². The van der Waals surface area contributed by atoms with Crippen molar-refractivity contribution in [3.8, 4) is 0 Å². The molecule has 7 heteroatoms. The van der Waals surface area contributed by atoms with Crippen LogP contribution in [0.5, 0.6) is 0 Å². The van der Waals surface area contributed by atoms with Crippen molar-refractivity contribution in [2.24, 2.45) is 0 Å². The number of carbonyl (C=O) groups excluding carboxylic acids is 1. The fourth-order valence-electron chi connectivity index (χ4n) is 3.11. The van der Waals surface area contributed by atoms with Crippen molar-refractivity contribution in [1.29, 1.82) is 0 Å². The molecule has 1 N–H and O–H groups in total. The number of nitrogens with zero attached hydrogens (tertiary/aromatic N) is 3. The van der Waals surface area contributed by atoms with Gasteiger partial charge in [0.25, 0.3) is 0 Å². The third-order valence-corrected chi connectivity index (χ3v) is 4.57. The van der Waals surface area contributed by atoms with Gasteiger partial charge in [-0.3, -0.25) is 4.90 Å². The second-order valence-corrected chi connectivity index (χ2v) is 6.31. The Labute approximate surface area is 141 Å². The van der Waals surface area contributed by atoms with Crippen LogP contribution in [0, 0.1) is 13.8 Å². The van der Waals surface area contributed by atoms with Crippen LogP contribution < -0.4 is 0 Å². The monoisotopic (exact) mass is 332 g/mol. The number of esters is 1. The first-order valence-electron chi connectivity index (χ1n) is 8.44. The molecule has 0 aromatic carbocycles. The molecule has 1 fully saturated rings. The zero-order valence-corrected chi connectivity index (χ0v) is 14.5. The number of nitrogens with one attached hydrogen (secondary N) is 1. The summed E-state index contributed by atoms with van der Waals surface area (Å²) in [6.45, 7) is 8.82. The summed E-state index contributed by atoms with van der Waals surface area (Å²) in [4.78, 5) is 22.0. The van der Waals surface area contributed by atoms with Gasteiger partial charge < -0.3 is 14.2 Å². The first-order valence-corrected chi connectivity index (χ1v) is 8.44. The van der Waals surface area contributed by atoms with Crippen LogP contribution in [0.1, 0.15) is 58.9 Å². The van der Waals surface area contributed by atoms with E-state index in [4.69, 9.17) is 9.26 Å². The predicted molar refractivity (Wildman–Crippen MR) is 87.8 cm³/mol. The molecular weight excluding hydrogens is 308 g/mol. The second kappa shape index (κ2) is 7.17. The summed E-state index contributed by atoms with van der Waals surface area (Å²) in [5.41, 5.74) is 3.29. The third kappa shape index (κ3) is 3.51. The molecule has 24 heavy (non-hydrogen) atoms. The average molecular weight is 332 g/mol. The minimum atomic E-state index is -0.351. The lowest BCUT2D eigenvalue weighted by atomic mass is 9.96. The van der Waals surface area contributed by atoms with Gasteiger partial charge in [0.05, 0.1) is 6.61 Å². The topological polar surface area (TPSA) is 84.2 Å². The van der Waals surface area contributed by atoms with Gasteiger partial charge in [0, 0.05) is 23.7 Å². The van der Waals surface area contributed by atoms with Gasteiger partial charge in [-0.25, -0.2) is 9.78 Å². The number of aryl methyl sites for hydroxylation is 2. The smallest absolute Gasteiger partial charge is 0.358 e. The molecule has 7 nitrogen and oxygen atoms in total. The van der Waals surface area contributed by atoms with Crippen molar-refractivity contribution in [1.82, 2.24) is 20.0 Å². The molecule has 130 valence electrons. The number of aromatic nitrogens is 3. The highest BCUT2D eigenvalue weighted by Crippen LogP contribution is 2.28. The molecule has 3 rings (SSSR count). The zero-order valence-electron chi connectivity index (χ0n) is 14.5. The Bertz CT molecular complexity index is 699. The fourth-order valence-corrected chi connectivity index (χ4v) is 3.11. The number of imidazole rings is 1. The van der Waals surface area contributed by atoms with E-state index in [9.17, 15) is 4.79 Å². The molecule has 0 bridgehead atoms. The molecule has 0 atom stereocenters. The summed E-state index contributed by atoms with van der Waals surface area (Å²) < 4.78 is 10.1. The van der Waals surface area contributed by atoms with Crippen LogP contribution >= 0.6 is 0 Å². The largest absolute Gasteiger partial charge is 0.461 e. The predicted octanol–water partition coefficient (Wildman–Crippen LogP) is 2.57. The summed E-state index contributed by atoms with van der Waals surface area (Å²) in [5.74, 6) is 0.894. The van der Waals surface area contributed by atoms with Crippen LogP contribution in [-0.2, 0) is 11.3 Å².